The number of rotatable bonds is 9. The van der Waals surface area contributed by atoms with Crippen LogP contribution in [0, 0.1) is 5.82 Å². The molecule has 0 fully saturated rings. The molecule has 1 N–H and O–H groups in total. The maximum absolute atomic E-state index is 13.3. The molecule has 3 rings (SSSR count). The predicted molar refractivity (Wildman–Crippen MR) is 123 cm³/mol. The number of hydrogen-bond donors (Lipinski definition) is 1. The summed E-state index contributed by atoms with van der Waals surface area (Å²) in [6.45, 7) is 1.55. The van der Waals surface area contributed by atoms with Crippen LogP contribution in [0.25, 0.3) is 0 Å². The number of carbonyl (C=O) groups is 1. The van der Waals surface area contributed by atoms with E-state index >= 15 is 0 Å². The molecule has 3 aromatic rings. The van der Waals surface area contributed by atoms with E-state index in [9.17, 15) is 17.6 Å². The van der Waals surface area contributed by atoms with Crippen LogP contribution in [0.5, 0.6) is 0 Å². The summed E-state index contributed by atoms with van der Waals surface area (Å²) in [5, 5.41) is 3.21. The van der Waals surface area contributed by atoms with Gasteiger partial charge in [0.2, 0.25) is 15.9 Å². The summed E-state index contributed by atoms with van der Waals surface area (Å²) >= 11 is 5.90. The van der Waals surface area contributed by atoms with Crippen LogP contribution < -0.4 is 5.32 Å². The molecule has 0 saturated carbocycles. The number of nitrogens with one attached hydrogen (secondary N) is 1. The predicted octanol–water partition coefficient (Wildman–Crippen LogP) is 4.59. The zero-order valence-electron chi connectivity index (χ0n) is 17.5. The molecule has 0 heterocycles. The normalized spacial score (nSPS) is 12.5. The fraction of sp³-hybridized carbons (Fsp3) is 0.208. The van der Waals surface area contributed by atoms with Crippen LogP contribution in [0.1, 0.15) is 24.1 Å². The first-order valence-electron chi connectivity index (χ1n) is 10.1. The number of carbonyl (C=O) groups excluding carboxylic acids is 1. The van der Waals surface area contributed by atoms with Crippen LogP contribution in [0.2, 0.25) is 5.02 Å². The molecule has 0 radical (unpaired) electrons. The van der Waals surface area contributed by atoms with Gasteiger partial charge in [-0.15, -0.1) is 0 Å². The minimum Gasteiger partial charge on any atom is -0.348 e. The van der Waals surface area contributed by atoms with Gasteiger partial charge in [-0.05, 0) is 60.9 Å². The fourth-order valence-corrected chi connectivity index (χ4v) is 4.74. The lowest BCUT2D eigenvalue weighted by atomic mass is 10.1. The van der Waals surface area contributed by atoms with Crippen molar-refractivity contribution in [3.63, 3.8) is 0 Å². The van der Waals surface area contributed by atoms with Crippen molar-refractivity contribution in [2.45, 2.75) is 24.3 Å². The van der Waals surface area contributed by atoms with Gasteiger partial charge in [0.15, 0.2) is 0 Å². The molecule has 5 nitrogen and oxygen atoms in total. The lowest BCUT2D eigenvalue weighted by Crippen LogP contribution is -2.42. The van der Waals surface area contributed by atoms with Crippen molar-refractivity contribution in [3.8, 4) is 0 Å². The molecular weight excluding hydrogens is 451 g/mol. The molecular formula is C24H24ClFN2O3S. The molecule has 0 saturated heterocycles. The van der Waals surface area contributed by atoms with Gasteiger partial charge in [0.25, 0.3) is 0 Å². The fourth-order valence-electron chi connectivity index (χ4n) is 3.22. The molecule has 8 heteroatoms. The van der Waals surface area contributed by atoms with E-state index in [4.69, 9.17) is 11.6 Å². The van der Waals surface area contributed by atoms with Crippen LogP contribution in [-0.4, -0.2) is 31.7 Å². The highest BCUT2D eigenvalue weighted by atomic mass is 35.5. The largest absolute Gasteiger partial charge is 0.348 e. The summed E-state index contributed by atoms with van der Waals surface area (Å²) in [5.74, 6) is -0.819. The summed E-state index contributed by atoms with van der Waals surface area (Å²) in [6.07, 6.45) is 0.453. The van der Waals surface area contributed by atoms with E-state index in [2.05, 4.69) is 5.32 Å². The topological polar surface area (TPSA) is 66.5 Å². The van der Waals surface area contributed by atoms with Crippen molar-refractivity contribution in [1.82, 2.24) is 9.62 Å². The smallest absolute Gasteiger partial charge is 0.243 e. The maximum Gasteiger partial charge on any atom is 0.243 e. The third-order valence-corrected chi connectivity index (χ3v) is 7.12. The molecule has 1 atom stereocenters. The van der Waals surface area contributed by atoms with Crippen molar-refractivity contribution < 1.29 is 17.6 Å². The Balaban J connectivity index is 1.77. The third kappa shape index (κ3) is 6.38. The zero-order valence-corrected chi connectivity index (χ0v) is 19.1. The first-order chi connectivity index (χ1) is 15.3. The Bertz CT molecular complexity index is 1140. The van der Waals surface area contributed by atoms with Gasteiger partial charge in [0, 0.05) is 11.6 Å². The molecule has 0 aliphatic carbocycles. The van der Waals surface area contributed by atoms with Crippen molar-refractivity contribution in [2.24, 2.45) is 0 Å². The van der Waals surface area contributed by atoms with E-state index in [0.717, 1.165) is 15.4 Å². The highest BCUT2D eigenvalue weighted by molar-refractivity contribution is 7.89. The lowest BCUT2D eigenvalue weighted by molar-refractivity contribution is -0.121. The molecule has 32 heavy (non-hydrogen) atoms. The van der Waals surface area contributed by atoms with Gasteiger partial charge >= 0.3 is 0 Å². The van der Waals surface area contributed by atoms with Gasteiger partial charge in [-0.1, -0.05) is 54.1 Å². The molecule has 0 aliphatic heterocycles. The lowest BCUT2D eigenvalue weighted by Gasteiger charge is -2.23. The quantitative estimate of drug-likeness (QED) is 0.493. The van der Waals surface area contributed by atoms with Crippen LogP contribution in [-0.2, 0) is 21.2 Å². The number of halogens is 2. The highest BCUT2D eigenvalue weighted by Gasteiger charge is 2.27. The summed E-state index contributed by atoms with van der Waals surface area (Å²) in [4.78, 5) is 12.8. The molecule has 0 aliphatic rings. The maximum atomic E-state index is 13.3. The molecule has 0 spiro atoms. The van der Waals surface area contributed by atoms with E-state index in [1.54, 1.807) is 19.1 Å². The van der Waals surface area contributed by atoms with E-state index in [-0.39, 0.29) is 23.8 Å². The minimum absolute atomic E-state index is 0.0642. The van der Waals surface area contributed by atoms with Crippen LogP contribution in [0.15, 0.2) is 83.8 Å². The van der Waals surface area contributed by atoms with Gasteiger partial charge < -0.3 is 5.32 Å². The minimum atomic E-state index is -3.92. The second-order valence-corrected chi connectivity index (χ2v) is 9.74. The average Bonchev–Trinajstić information content (AvgIpc) is 2.78. The summed E-state index contributed by atoms with van der Waals surface area (Å²) in [6, 6.07) is 20.7. The van der Waals surface area contributed by atoms with E-state index in [1.165, 1.54) is 36.4 Å². The SMILES string of the molecule is CC(NC(=O)CN(CCc1ccccc1)S(=O)(=O)c1ccc(Cl)cc1)c1ccc(F)cc1. The Hall–Kier alpha value is -2.74. The van der Waals surface area contributed by atoms with Gasteiger partial charge in [0.1, 0.15) is 5.82 Å². The van der Waals surface area contributed by atoms with Gasteiger partial charge in [0.05, 0.1) is 17.5 Å². The van der Waals surface area contributed by atoms with Crippen LogP contribution in [0.3, 0.4) is 0 Å². The number of sulfonamides is 1. The second-order valence-electron chi connectivity index (χ2n) is 7.37. The van der Waals surface area contributed by atoms with Gasteiger partial charge in [-0.3, -0.25) is 4.79 Å². The van der Waals surface area contributed by atoms with Gasteiger partial charge in [-0.2, -0.15) is 4.31 Å². The van der Waals surface area contributed by atoms with Gasteiger partial charge in [-0.25, -0.2) is 12.8 Å². The molecule has 1 unspecified atom stereocenters. The molecule has 0 bridgehead atoms. The Morgan fingerprint density at radius 2 is 1.62 bits per heavy atom. The summed E-state index contributed by atoms with van der Waals surface area (Å²) in [5.41, 5.74) is 1.68. The Morgan fingerprint density at radius 3 is 2.25 bits per heavy atom. The third-order valence-electron chi connectivity index (χ3n) is 5.01. The van der Waals surface area contributed by atoms with E-state index in [0.29, 0.717) is 11.4 Å². The van der Waals surface area contributed by atoms with Crippen molar-refractivity contribution >= 4 is 27.5 Å². The summed E-state index contributed by atoms with van der Waals surface area (Å²) < 4.78 is 40.8. The van der Waals surface area contributed by atoms with Crippen molar-refractivity contribution in [1.29, 1.82) is 0 Å². The number of hydrogen-bond acceptors (Lipinski definition) is 3. The summed E-state index contributed by atoms with van der Waals surface area (Å²) in [7, 11) is -3.92. The molecule has 168 valence electrons. The van der Waals surface area contributed by atoms with Crippen LogP contribution >= 0.6 is 11.6 Å². The van der Waals surface area contributed by atoms with E-state index < -0.39 is 22.0 Å². The molecule has 1 amide bonds. The first-order valence-corrected chi connectivity index (χ1v) is 11.9. The number of nitrogens with zero attached hydrogens (tertiary/aromatic N) is 1. The standard InChI is InChI=1S/C24H24ClFN2O3S/c1-18(20-7-11-22(26)12-8-20)27-24(29)17-28(16-15-19-5-3-2-4-6-19)32(30,31)23-13-9-21(25)10-14-23/h2-14,18H,15-17H2,1H3,(H,27,29). The molecule has 0 aromatic heterocycles. The monoisotopic (exact) mass is 474 g/mol. The number of amides is 1. The Kier molecular flexibility index (Phi) is 8.01. The Morgan fingerprint density at radius 1 is 1.00 bits per heavy atom. The van der Waals surface area contributed by atoms with Crippen molar-refractivity contribution in [2.75, 3.05) is 13.1 Å². The zero-order chi connectivity index (χ0) is 23.1. The number of benzene rings is 3. The average molecular weight is 475 g/mol. The highest BCUT2D eigenvalue weighted by Crippen LogP contribution is 2.20. The van der Waals surface area contributed by atoms with Crippen molar-refractivity contribution in [3.05, 3.63) is 101 Å². The first kappa shape index (κ1) is 23.9. The van der Waals surface area contributed by atoms with Crippen LogP contribution in [0.4, 0.5) is 4.39 Å². The van der Waals surface area contributed by atoms with E-state index in [1.807, 2.05) is 30.3 Å². The Labute approximate surface area is 192 Å². The second kappa shape index (κ2) is 10.7. The molecule has 3 aromatic carbocycles.